The Kier molecular flexibility index (Phi) is 5.78. The van der Waals surface area contributed by atoms with Crippen LogP contribution in [-0.4, -0.2) is 14.2 Å². The lowest BCUT2D eigenvalue weighted by atomic mass is 10.1. The van der Waals surface area contributed by atoms with Crippen molar-refractivity contribution in [2.45, 2.75) is 26.1 Å². The minimum absolute atomic E-state index is 0.236. The minimum atomic E-state index is 0.236. The van der Waals surface area contributed by atoms with Gasteiger partial charge in [-0.3, -0.25) is 0 Å². The average molecular weight is 285 g/mol. The summed E-state index contributed by atoms with van der Waals surface area (Å²) >= 11 is 0. The van der Waals surface area contributed by atoms with Gasteiger partial charge in [0.15, 0.2) is 0 Å². The zero-order chi connectivity index (χ0) is 15.1. The topological polar surface area (TPSA) is 30.5 Å². The number of para-hydroxylation sites is 1. The molecule has 0 aliphatic rings. The monoisotopic (exact) mass is 285 g/mol. The first kappa shape index (κ1) is 15.5. The predicted molar refractivity (Wildman–Crippen MR) is 85.4 cm³/mol. The van der Waals surface area contributed by atoms with Gasteiger partial charge < -0.3 is 14.8 Å². The highest BCUT2D eigenvalue weighted by Gasteiger charge is 2.09. The molecule has 21 heavy (non-hydrogen) atoms. The molecule has 0 spiro atoms. The van der Waals surface area contributed by atoms with Gasteiger partial charge in [0.1, 0.15) is 5.75 Å². The number of benzene rings is 2. The van der Waals surface area contributed by atoms with Gasteiger partial charge in [-0.1, -0.05) is 42.5 Å². The van der Waals surface area contributed by atoms with Crippen LogP contribution < -0.4 is 10.1 Å². The van der Waals surface area contributed by atoms with Crippen molar-refractivity contribution < 1.29 is 9.47 Å². The summed E-state index contributed by atoms with van der Waals surface area (Å²) in [7, 11) is 3.42. The normalized spacial score (nSPS) is 12.1. The largest absolute Gasteiger partial charge is 0.496 e. The van der Waals surface area contributed by atoms with Crippen LogP contribution >= 0.6 is 0 Å². The Labute approximate surface area is 126 Å². The fraction of sp³-hybridized carbons (Fsp3) is 0.333. The Bertz CT molecular complexity index is 551. The van der Waals surface area contributed by atoms with Crippen LogP contribution in [0.5, 0.6) is 5.75 Å². The van der Waals surface area contributed by atoms with Crippen LogP contribution in [0.1, 0.15) is 29.7 Å². The Morgan fingerprint density at radius 1 is 0.952 bits per heavy atom. The van der Waals surface area contributed by atoms with Crippen molar-refractivity contribution in [3.63, 3.8) is 0 Å². The predicted octanol–water partition coefficient (Wildman–Crippen LogP) is 3.69. The SMILES string of the molecule is COCc1ccc(CN[C@H](C)c2ccccc2OC)cc1. The smallest absolute Gasteiger partial charge is 0.123 e. The van der Waals surface area contributed by atoms with Gasteiger partial charge >= 0.3 is 0 Å². The molecule has 0 aliphatic heterocycles. The van der Waals surface area contributed by atoms with Crippen molar-refractivity contribution in [3.8, 4) is 5.75 Å². The molecule has 0 aromatic heterocycles. The summed E-state index contributed by atoms with van der Waals surface area (Å²) in [6, 6.07) is 16.8. The van der Waals surface area contributed by atoms with Crippen LogP contribution in [0.2, 0.25) is 0 Å². The average Bonchev–Trinajstić information content (AvgIpc) is 2.54. The Balaban J connectivity index is 1.95. The molecule has 0 radical (unpaired) electrons. The molecule has 112 valence electrons. The molecule has 0 aliphatic carbocycles. The number of rotatable bonds is 7. The molecule has 2 rings (SSSR count). The van der Waals surface area contributed by atoms with Crippen molar-refractivity contribution in [2.24, 2.45) is 0 Å². The molecule has 0 amide bonds. The van der Waals surface area contributed by atoms with Crippen LogP contribution in [0.15, 0.2) is 48.5 Å². The van der Waals surface area contributed by atoms with E-state index in [0.29, 0.717) is 6.61 Å². The van der Waals surface area contributed by atoms with E-state index in [1.807, 2.05) is 18.2 Å². The van der Waals surface area contributed by atoms with E-state index in [9.17, 15) is 0 Å². The van der Waals surface area contributed by atoms with Gasteiger partial charge in [-0.05, 0) is 24.1 Å². The van der Waals surface area contributed by atoms with Gasteiger partial charge in [0.25, 0.3) is 0 Å². The van der Waals surface area contributed by atoms with E-state index in [0.717, 1.165) is 12.3 Å². The summed E-state index contributed by atoms with van der Waals surface area (Å²) in [5, 5.41) is 3.53. The van der Waals surface area contributed by atoms with Crippen LogP contribution in [0, 0.1) is 0 Å². The van der Waals surface area contributed by atoms with E-state index in [2.05, 4.69) is 42.6 Å². The molecule has 0 saturated heterocycles. The maximum absolute atomic E-state index is 5.41. The molecule has 1 N–H and O–H groups in total. The first-order valence-electron chi connectivity index (χ1n) is 7.17. The van der Waals surface area contributed by atoms with Crippen LogP contribution in [0.3, 0.4) is 0 Å². The third kappa shape index (κ3) is 4.31. The molecule has 0 unspecified atom stereocenters. The van der Waals surface area contributed by atoms with Gasteiger partial charge in [0, 0.05) is 25.3 Å². The van der Waals surface area contributed by atoms with Crippen molar-refractivity contribution in [3.05, 3.63) is 65.2 Å². The molecule has 0 saturated carbocycles. The molecule has 2 aromatic rings. The van der Waals surface area contributed by atoms with Crippen LogP contribution in [-0.2, 0) is 17.9 Å². The fourth-order valence-electron chi connectivity index (χ4n) is 2.33. The van der Waals surface area contributed by atoms with Crippen molar-refractivity contribution in [1.82, 2.24) is 5.32 Å². The fourth-order valence-corrected chi connectivity index (χ4v) is 2.33. The van der Waals surface area contributed by atoms with E-state index < -0.39 is 0 Å². The molecular weight excluding hydrogens is 262 g/mol. The van der Waals surface area contributed by atoms with Crippen LogP contribution in [0.4, 0.5) is 0 Å². The van der Waals surface area contributed by atoms with Crippen molar-refractivity contribution in [1.29, 1.82) is 0 Å². The Morgan fingerprint density at radius 2 is 1.62 bits per heavy atom. The number of hydrogen-bond acceptors (Lipinski definition) is 3. The highest BCUT2D eigenvalue weighted by Crippen LogP contribution is 2.24. The van der Waals surface area contributed by atoms with Crippen molar-refractivity contribution >= 4 is 0 Å². The van der Waals surface area contributed by atoms with Crippen LogP contribution in [0.25, 0.3) is 0 Å². The molecule has 1 atom stereocenters. The molecule has 0 heterocycles. The zero-order valence-corrected chi connectivity index (χ0v) is 12.9. The van der Waals surface area contributed by atoms with Gasteiger partial charge in [-0.25, -0.2) is 0 Å². The minimum Gasteiger partial charge on any atom is -0.496 e. The molecule has 0 fully saturated rings. The third-order valence-corrected chi connectivity index (χ3v) is 3.55. The summed E-state index contributed by atoms with van der Waals surface area (Å²) in [5.41, 5.74) is 3.63. The summed E-state index contributed by atoms with van der Waals surface area (Å²) in [5.74, 6) is 0.924. The molecule has 2 aromatic carbocycles. The van der Waals surface area contributed by atoms with E-state index in [-0.39, 0.29) is 6.04 Å². The maximum atomic E-state index is 5.41. The quantitative estimate of drug-likeness (QED) is 0.841. The van der Waals surface area contributed by atoms with E-state index in [1.54, 1.807) is 14.2 Å². The lowest BCUT2D eigenvalue weighted by Crippen LogP contribution is -2.18. The molecule has 0 bridgehead atoms. The summed E-state index contributed by atoms with van der Waals surface area (Å²) in [4.78, 5) is 0. The first-order chi connectivity index (χ1) is 10.2. The van der Waals surface area contributed by atoms with Crippen molar-refractivity contribution in [2.75, 3.05) is 14.2 Å². The molecule has 3 nitrogen and oxygen atoms in total. The third-order valence-electron chi connectivity index (χ3n) is 3.55. The number of hydrogen-bond donors (Lipinski definition) is 1. The highest BCUT2D eigenvalue weighted by molar-refractivity contribution is 5.35. The maximum Gasteiger partial charge on any atom is 0.123 e. The van der Waals surface area contributed by atoms with E-state index in [4.69, 9.17) is 9.47 Å². The zero-order valence-electron chi connectivity index (χ0n) is 12.9. The highest BCUT2D eigenvalue weighted by atomic mass is 16.5. The van der Waals surface area contributed by atoms with E-state index >= 15 is 0 Å². The van der Waals surface area contributed by atoms with Gasteiger partial charge in [-0.2, -0.15) is 0 Å². The first-order valence-corrected chi connectivity index (χ1v) is 7.17. The summed E-state index contributed by atoms with van der Waals surface area (Å²) < 4.78 is 10.5. The number of ether oxygens (including phenoxy) is 2. The Morgan fingerprint density at radius 3 is 2.29 bits per heavy atom. The second-order valence-electron chi connectivity index (χ2n) is 5.09. The van der Waals surface area contributed by atoms with Gasteiger partial charge in [0.2, 0.25) is 0 Å². The summed E-state index contributed by atoms with van der Waals surface area (Å²) in [6.45, 7) is 3.63. The Hall–Kier alpha value is -1.84. The lowest BCUT2D eigenvalue weighted by molar-refractivity contribution is 0.185. The summed E-state index contributed by atoms with van der Waals surface area (Å²) in [6.07, 6.45) is 0. The standard InChI is InChI=1S/C18H23NO2/c1-14(17-6-4-5-7-18(17)21-3)19-12-15-8-10-16(11-9-15)13-20-2/h4-11,14,19H,12-13H2,1-3H3/t14-/m1/s1. The van der Waals surface area contributed by atoms with E-state index in [1.165, 1.54) is 16.7 Å². The number of methoxy groups -OCH3 is 2. The van der Waals surface area contributed by atoms with Gasteiger partial charge in [-0.15, -0.1) is 0 Å². The second kappa shape index (κ2) is 7.81. The molecule has 3 heteroatoms. The number of nitrogens with one attached hydrogen (secondary N) is 1. The second-order valence-corrected chi connectivity index (χ2v) is 5.09. The lowest BCUT2D eigenvalue weighted by Gasteiger charge is -2.17. The van der Waals surface area contributed by atoms with Gasteiger partial charge in [0.05, 0.1) is 13.7 Å². The molecular formula is C18H23NO2.